The highest BCUT2D eigenvalue weighted by atomic mass is 35.5. The first kappa shape index (κ1) is 12.9. The Labute approximate surface area is 124 Å². The number of benzene rings is 1. The van der Waals surface area contributed by atoms with Crippen LogP contribution in [0.1, 0.15) is 43.7 Å². The lowest BCUT2D eigenvalue weighted by Crippen LogP contribution is -2.42. The summed E-state index contributed by atoms with van der Waals surface area (Å²) in [6.45, 7) is 3.71. The molecule has 2 aliphatic carbocycles. The molecule has 2 spiro atoms. The molecule has 1 saturated heterocycles. The van der Waals surface area contributed by atoms with Crippen LogP contribution >= 0.6 is 11.6 Å². The van der Waals surface area contributed by atoms with E-state index in [0.717, 1.165) is 43.9 Å². The summed E-state index contributed by atoms with van der Waals surface area (Å²) in [7, 11) is 0. The third-order valence-electron chi connectivity index (χ3n) is 5.33. The molecule has 3 heteroatoms. The Kier molecular flexibility index (Phi) is 2.79. The van der Waals surface area contributed by atoms with Crippen LogP contribution in [0, 0.1) is 0 Å². The molecule has 4 rings (SSSR count). The minimum absolute atomic E-state index is 0.105. The summed E-state index contributed by atoms with van der Waals surface area (Å²) in [5.74, 6) is -0.310. The Bertz CT molecular complexity index is 575. The zero-order valence-electron chi connectivity index (χ0n) is 11.7. The van der Waals surface area contributed by atoms with Crippen molar-refractivity contribution in [1.82, 2.24) is 0 Å². The maximum atomic E-state index is 6.51. The predicted molar refractivity (Wildman–Crippen MR) is 79.9 cm³/mol. The van der Waals surface area contributed by atoms with Crippen LogP contribution in [-0.4, -0.2) is 19.0 Å². The molecule has 0 amide bonds. The van der Waals surface area contributed by atoms with E-state index in [9.17, 15) is 0 Å². The van der Waals surface area contributed by atoms with Gasteiger partial charge in [0.15, 0.2) is 5.79 Å². The van der Waals surface area contributed by atoms with Crippen LogP contribution in [0.4, 0.5) is 0 Å². The van der Waals surface area contributed by atoms with E-state index in [1.807, 2.05) is 12.1 Å². The molecule has 0 bridgehead atoms. The SMILES string of the molecule is CC1=Cc2cccc(Cl)c2C12CCC1(CC2)OCCO1. The highest BCUT2D eigenvalue weighted by Gasteiger charge is 2.50. The number of rotatable bonds is 0. The fourth-order valence-corrected chi connectivity index (χ4v) is 4.58. The summed E-state index contributed by atoms with van der Waals surface area (Å²) in [5.41, 5.74) is 4.16. The largest absolute Gasteiger partial charge is 0.348 e. The molecule has 3 aliphatic rings. The van der Waals surface area contributed by atoms with Crippen LogP contribution < -0.4 is 0 Å². The number of hydrogen-bond acceptors (Lipinski definition) is 2. The Hall–Kier alpha value is -0.830. The lowest BCUT2D eigenvalue weighted by atomic mass is 9.66. The van der Waals surface area contributed by atoms with Gasteiger partial charge in [0.05, 0.1) is 13.2 Å². The van der Waals surface area contributed by atoms with Gasteiger partial charge >= 0.3 is 0 Å². The molecule has 0 atom stereocenters. The molecule has 0 N–H and O–H groups in total. The van der Waals surface area contributed by atoms with Gasteiger partial charge in [-0.25, -0.2) is 0 Å². The van der Waals surface area contributed by atoms with Crippen LogP contribution in [0.15, 0.2) is 23.8 Å². The molecule has 20 heavy (non-hydrogen) atoms. The Balaban J connectivity index is 1.72. The molecule has 0 radical (unpaired) electrons. The van der Waals surface area contributed by atoms with Gasteiger partial charge in [-0.05, 0) is 37.0 Å². The molecular weight excluding hydrogens is 272 g/mol. The molecular formula is C17H19ClO2. The first-order valence-electron chi connectivity index (χ1n) is 7.41. The van der Waals surface area contributed by atoms with E-state index in [0.29, 0.717) is 0 Å². The van der Waals surface area contributed by atoms with Crippen LogP contribution in [0.25, 0.3) is 6.08 Å². The maximum absolute atomic E-state index is 6.51. The summed E-state index contributed by atoms with van der Waals surface area (Å²) < 4.78 is 11.7. The molecule has 1 heterocycles. The van der Waals surface area contributed by atoms with Gasteiger partial charge in [0.1, 0.15) is 0 Å². The molecule has 0 aromatic heterocycles. The number of halogens is 1. The second-order valence-corrected chi connectivity index (χ2v) is 6.63. The molecule has 2 fully saturated rings. The van der Waals surface area contributed by atoms with E-state index in [2.05, 4.69) is 19.1 Å². The normalized spacial score (nSPS) is 26.0. The van der Waals surface area contributed by atoms with Gasteiger partial charge in [-0.15, -0.1) is 0 Å². The first-order chi connectivity index (χ1) is 9.65. The summed E-state index contributed by atoms with van der Waals surface area (Å²) in [5, 5.41) is 0.903. The van der Waals surface area contributed by atoms with Crippen molar-refractivity contribution in [3.05, 3.63) is 39.9 Å². The molecule has 1 aliphatic heterocycles. The molecule has 2 nitrogen and oxygen atoms in total. The van der Waals surface area contributed by atoms with E-state index >= 15 is 0 Å². The number of hydrogen-bond donors (Lipinski definition) is 0. The van der Waals surface area contributed by atoms with Crippen molar-refractivity contribution in [2.24, 2.45) is 0 Å². The first-order valence-corrected chi connectivity index (χ1v) is 7.79. The van der Waals surface area contributed by atoms with E-state index in [1.54, 1.807) is 0 Å². The van der Waals surface area contributed by atoms with Gasteiger partial charge in [0.25, 0.3) is 0 Å². The Morgan fingerprint density at radius 2 is 1.75 bits per heavy atom. The Morgan fingerprint density at radius 3 is 2.45 bits per heavy atom. The third-order valence-corrected chi connectivity index (χ3v) is 5.65. The topological polar surface area (TPSA) is 18.5 Å². The van der Waals surface area contributed by atoms with Crippen LogP contribution in [-0.2, 0) is 14.9 Å². The van der Waals surface area contributed by atoms with Gasteiger partial charge in [0, 0.05) is 23.3 Å². The van der Waals surface area contributed by atoms with Crippen molar-refractivity contribution < 1.29 is 9.47 Å². The monoisotopic (exact) mass is 290 g/mol. The van der Waals surface area contributed by atoms with Crippen molar-refractivity contribution in [3.8, 4) is 0 Å². The minimum Gasteiger partial charge on any atom is -0.348 e. The van der Waals surface area contributed by atoms with E-state index < -0.39 is 0 Å². The standard InChI is InChI=1S/C17H19ClO2/c1-12-11-13-3-2-4-14(18)15(13)16(12)5-7-17(8-6-16)19-9-10-20-17/h2-4,11H,5-10H2,1H3. The fraction of sp³-hybridized carbons (Fsp3) is 0.529. The fourth-order valence-electron chi connectivity index (χ4n) is 4.22. The van der Waals surface area contributed by atoms with Crippen molar-refractivity contribution in [1.29, 1.82) is 0 Å². The lowest BCUT2D eigenvalue weighted by molar-refractivity contribution is -0.183. The summed E-state index contributed by atoms with van der Waals surface area (Å²) in [6.07, 6.45) is 6.35. The van der Waals surface area contributed by atoms with E-state index in [4.69, 9.17) is 21.1 Å². The third kappa shape index (κ3) is 1.65. The number of allylic oxidation sites excluding steroid dienone is 1. The summed E-state index contributed by atoms with van der Waals surface area (Å²) >= 11 is 6.51. The average molecular weight is 291 g/mol. The van der Waals surface area contributed by atoms with E-state index in [1.165, 1.54) is 16.7 Å². The van der Waals surface area contributed by atoms with Crippen molar-refractivity contribution in [2.45, 2.75) is 43.8 Å². The van der Waals surface area contributed by atoms with Crippen molar-refractivity contribution in [2.75, 3.05) is 13.2 Å². The van der Waals surface area contributed by atoms with Crippen molar-refractivity contribution >= 4 is 17.7 Å². The smallest absolute Gasteiger partial charge is 0.168 e. The Morgan fingerprint density at radius 1 is 1.05 bits per heavy atom. The predicted octanol–water partition coefficient (Wildman–Crippen LogP) is 4.31. The highest BCUT2D eigenvalue weighted by molar-refractivity contribution is 6.32. The summed E-state index contributed by atoms with van der Waals surface area (Å²) in [4.78, 5) is 0. The highest BCUT2D eigenvalue weighted by Crippen LogP contribution is 2.55. The zero-order valence-corrected chi connectivity index (χ0v) is 12.5. The van der Waals surface area contributed by atoms with Gasteiger partial charge in [-0.3, -0.25) is 0 Å². The molecule has 106 valence electrons. The second kappa shape index (κ2) is 4.33. The van der Waals surface area contributed by atoms with Gasteiger partial charge in [-0.1, -0.05) is 35.4 Å². The van der Waals surface area contributed by atoms with E-state index in [-0.39, 0.29) is 11.2 Å². The number of ether oxygens (including phenoxy) is 2. The van der Waals surface area contributed by atoms with Crippen LogP contribution in [0.3, 0.4) is 0 Å². The van der Waals surface area contributed by atoms with Crippen LogP contribution in [0.5, 0.6) is 0 Å². The molecule has 1 aromatic rings. The zero-order chi connectivity index (χ0) is 13.8. The maximum Gasteiger partial charge on any atom is 0.168 e. The van der Waals surface area contributed by atoms with Gasteiger partial charge in [0.2, 0.25) is 0 Å². The summed E-state index contributed by atoms with van der Waals surface area (Å²) in [6, 6.07) is 6.23. The van der Waals surface area contributed by atoms with Gasteiger partial charge in [-0.2, -0.15) is 0 Å². The van der Waals surface area contributed by atoms with Gasteiger partial charge < -0.3 is 9.47 Å². The molecule has 1 aromatic carbocycles. The average Bonchev–Trinajstić information content (AvgIpc) is 2.99. The van der Waals surface area contributed by atoms with Crippen LogP contribution in [0.2, 0.25) is 5.02 Å². The molecule has 1 saturated carbocycles. The second-order valence-electron chi connectivity index (χ2n) is 6.22. The minimum atomic E-state index is -0.310. The quantitative estimate of drug-likeness (QED) is 0.709. The lowest BCUT2D eigenvalue weighted by Gasteiger charge is -2.43. The van der Waals surface area contributed by atoms with Crippen molar-refractivity contribution in [3.63, 3.8) is 0 Å². The molecule has 0 unspecified atom stereocenters. The number of fused-ring (bicyclic) bond motifs is 2.